The largest absolute Gasteiger partial charge is 0.399 e. The van der Waals surface area contributed by atoms with Gasteiger partial charge in [0.05, 0.1) is 19.8 Å². The molecular weight excluding hydrogens is 256 g/mol. The Kier molecular flexibility index (Phi) is 3.40. The van der Waals surface area contributed by atoms with E-state index in [4.69, 9.17) is 15.2 Å². The highest BCUT2D eigenvalue weighted by atomic mass is 16.7. The van der Waals surface area contributed by atoms with Crippen molar-refractivity contribution in [3.8, 4) is 0 Å². The second-order valence-corrected chi connectivity index (χ2v) is 5.51. The van der Waals surface area contributed by atoms with Gasteiger partial charge < -0.3 is 20.1 Å². The zero-order valence-corrected chi connectivity index (χ0v) is 11.7. The Bertz CT molecular complexity index is 524. The van der Waals surface area contributed by atoms with Crippen molar-refractivity contribution in [3.63, 3.8) is 0 Å². The molecule has 2 aliphatic heterocycles. The summed E-state index contributed by atoms with van der Waals surface area (Å²) in [6.45, 7) is 4.39. The van der Waals surface area contributed by atoms with Gasteiger partial charge in [0.25, 0.3) is 5.91 Å². The third-order valence-corrected chi connectivity index (χ3v) is 4.03. The predicted molar refractivity (Wildman–Crippen MR) is 75.4 cm³/mol. The molecule has 0 bridgehead atoms. The van der Waals surface area contributed by atoms with E-state index in [1.807, 2.05) is 17.9 Å². The van der Waals surface area contributed by atoms with E-state index in [0.29, 0.717) is 31.0 Å². The molecular formula is C15H20N2O3. The van der Waals surface area contributed by atoms with Crippen molar-refractivity contribution < 1.29 is 14.3 Å². The summed E-state index contributed by atoms with van der Waals surface area (Å²) in [5.74, 6) is -0.553. The van der Waals surface area contributed by atoms with Gasteiger partial charge in [-0.25, -0.2) is 0 Å². The molecule has 20 heavy (non-hydrogen) atoms. The third-order valence-electron chi connectivity index (χ3n) is 4.03. The van der Waals surface area contributed by atoms with Crippen molar-refractivity contribution in [2.24, 2.45) is 0 Å². The topological polar surface area (TPSA) is 64.8 Å². The average molecular weight is 276 g/mol. The summed E-state index contributed by atoms with van der Waals surface area (Å²) < 4.78 is 11.4. The highest BCUT2D eigenvalue weighted by molar-refractivity contribution is 5.95. The molecule has 2 heterocycles. The monoisotopic (exact) mass is 276 g/mol. The molecule has 1 aromatic rings. The molecule has 0 aromatic heterocycles. The molecule has 5 nitrogen and oxygen atoms in total. The smallest absolute Gasteiger partial charge is 0.254 e. The van der Waals surface area contributed by atoms with E-state index in [9.17, 15) is 4.79 Å². The van der Waals surface area contributed by atoms with Crippen LogP contribution in [0, 0.1) is 6.92 Å². The van der Waals surface area contributed by atoms with Crippen LogP contribution in [0.1, 0.15) is 28.8 Å². The Labute approximate surface area is 118 Å². The second-order valence-electron chi connectivity index (χ2n) is 5.51. The van der Waals surface area contributed by atoms with Gasteiger partial charge in [0.15, 0.2) is 5.79 Å². The minimum atomic E-state index is -0.573. The van der Waals surface area contributed by atoms with Crippen molar-refractivity contribution in [2.45, 2.75) is 25.6 Å². The van der Waals surface area contributed by atoms with Crippen LogP contribution in [0.4, 0.5) is 5.69 Å². The number of nitrogen functional groups attached to an aromatic ring is 1. The summed E-state index contributed by atoms with van der Waals surface area (Å²) in [5.41, 5.74) is 8.10. The number of carbonyl (C=O) groups is 1. The van der Waals surface area contributed by atoms with Crippen LogP contribution in [0.3, 0.4) is 0 Å². The zero-order valence-electron chi connectivity index (χ0n) is 11.7. The standard InChI is InChI=1S/C15H20N2O3/c1-11-9-12(3-4-13(11)16)14(18)17-6-2-5-15(10-17)19-7-8-20-15/h3-4,9H,2,5-8,10,16H2,1H3. The molecule has 0 radical (unpaired) electrons. The maximum absolute atomic E-state index is 12.6. The van der Waals surface area contributed by atoms with Gasteiger partial charge in [0, 0.05) is 24.2 Å². The molecule has 5 heteroatoms. The number of rotatable bonds is 1. The first-order chi connectivity index (χ1) is 9.60. The van der Waals surface area contributed by atoms with Crippen molar-refractivity contribution in [1.82, 2.24) is 4.90 Å². The van der Waals surface area contributed by atoms with Gasteiger partial charge in [0.2, 0.25) is 0 Å². The summed E-state index contributed by atoms with van der Waals surface area (Å²) in [4.78, 5) is 14.4. The fourth-order valence-electron chi connectivity index (χ4n) is 2.89. The van der Waals surface area contributed by atoms with Gasteiger partial charge in [-0.05, 0) is 37.1 Å². The van der Waals surface area contributed by atoms with Crippen LogP contribution in [-0.4, -0.2) is 42.9 Å². The number of hydrogen-bond acceptors (Lipinski definition) is 4. The highest BCUT2D eigenvalue weighted by Gasteiger charge is 2.42. The predicted octanol–water partition coefficient (Wildman–Crippen LogP) is 1.56. The Hall–Kier alpha value is -1.59. The van der Waals surface area contributed by atoms with Crippen LogP contribution in [0.25, 0.3) is 0 Å². The summed E-state index contributed by atoms with van der Waals surface area (Å²) >= 11 is 0. The number of nitrogens with two attached hydrogens (primary N) is 1. The van der Waals surface area contributed by atoms with E-state index >= 15 is 0 Å². The Morgan fingerprint density at radius 1 is 1.35 bits per heavy atom. The number of carbonyl (C=O) groups excluding carboxylic acids is 1. The molecule has 1 spiro atoms. The van der Waals surface area contributed by atoms with Crippen LogP contribution in [0.15, 0.2) is 18.2 Å². The first kappa shape index (κ1) is 13.4. The number of anilines is 1. The number of amides is 1. The van der Waals surface area contributed by atoms with Crippen LogP contribution in [-0.2, 0) is 9.47 Å². The van der Waals surface area contributed by atoms with E-state index in [-0.39, 0.29) is 5.91 Å². The minimum absolute atomic E-state index is 0.0197. The Balaban J connectivity index is 1.77. The number of benzene rings is 1. The first-order valence-electron chi connectivity index (χ1n) is 7.03. The normalized spacial score (nSPS) is 21.4. The Morgan fingerprint density at radius 2 is 2.10 bits per heavy atom. The molecule has 108 valence electrons. The van der Waals surface area contributed by atoms with E-state index in [2.05, 4.69) is 0 Å². The third kappa shape index (κ3) is 2.39. The van der Waals surface area contributed by atoms with Gasteiger partial charge in [-0.2, -0.15) is 0 Å². The van der Waals surface area contributed by atoms with Gasteiger partial charge >= 0.3 is 0 Å². The number of ether oxygens (including phenoxy) is 2. The van der Waals surface area contributed by atoms with Gasteiger partial charge in [-0.15, -0.1) is 0 Å². The maximum atomic E-state index is 12.6. The van der Waals surface area contributed by atoms with Crippen LogP contribution in [0.2, 0.25) is 0 Å². The van der Waals surface area contributed by atoms with Crippen molar-refractivity contribution >= 4 is 11.6 Å². The Morgan fingerprint density at radius 3 is 2.80 bits per heavy atom. The number of nitrogens with zero attached hydrogens (tertiary/aromatic N) is 1. The fraction of sp³-hybridized carbons (Fsp3) is 0.533. The molecule has 0 saturated carbocycles. The summed E-state index contributed by atoms with van der Waals surface area (Å²) in [7, 11) is 0. The molecule has 0 aliphatic carbocycles. The molecule has 0 atom stereocenters. The molecule has 1 amide bonds. The molecule has 2 fully saturated rings. The van der Waals surface area contributed by atoms with Crippen LogP contribution in [0.5, 0.6) is 0 Å². The lowest BCUT2D eigenvalue weighted by Crippen LogP contribution is -2.51. The van der Waals surface area contributed by atoms with E-state index in [1.165, 1.54) is 0 Å². The highest BCUT2D eigenvalue weighted by Crippen LogP contribution is 2.30. The molecule has 2 aliphatic rings. The molecule has 2 saturated heterocycles. The van der Waals surface area contributed by atoms with Crippen molar-refractivity contribution in [2.75, 3.05) is 32.0 Å². The number of piperidine rings is 1. The summed E-state index contributed by atoms with van der Waals surface area (Å²) in [6, 6.07) is 5.41. The van der Waals surface area contributed by atoms with E-state index in [1.54, 1.807) is 12.1 Å². The van der Waals surface area contributed by atoms with Crippen molar-refractivity contribution in [3.05, 3.63) is 29.3 Å². The molecule has 2 N–H and O–H groups in total. The minimum Gasteiger partial charge on any atom is -0.399 e. The number of hydrogen-bond donors (Lipinski definition) is 1. The summed E-state index contributed by atoms with van der Waals surface area (Å²) in [6.07, 6.45) is 1.76. The second kappa shape index (κ2) is 5.07. The van der Waals surface area contributed by atoms with Gasteiger partial charge in [-0.1, -0.05) is 0 Å². The van der Waals surface area contributed by atoms with E-state index in [0.717, 1.165) is 24.9 Å². The number of aryl methyl sites for hydroxylation is 1. The van der Waals surface area contributed by atoms with Gasteiger partial charge in [-0.3, -0.25) is 4.79 Å². The van der Waals surface area contributed by atoms with Crippen LogP contribution < -0.4 is 5.73 Å². The SMILES string of the molecule is Cc1cc(C(=O)N2CCCC3(C2)OCCO3)ccc1N. The average Bonchev–Trinajstić information content (AvgIpc) is 2.89. The quantitative estimate of drug-likeness (QED) is 0.791. The maximum Gasteiger partial charge on any atom is 0.254 e. The summed E-state index contributed by atoms with van der Waals surface area (Å²) in [5, 5.41) is 0. The molecule has 3 rings (SSSR count). The van der Waals surface area contributed by atoms with Gasteiger partial charge in [0.1, 0.15) is 0 Å². The lowest BCUT2D eigenvalue weighted by atomic mass is 10.0. The first-order valence-corrected chi connectivity index (χ1v) is 7.03. The van der Waals surface area contributed by atoms with Crippen LogP contribution >= 0.6 is 0 Å². The number of likely N-dealkylation sites (tertiary alicyclic amines) is 1. The lowest BCUT2D eigenvalue weighted by Gasteiger charge is -2.38. The molecule has 1 aromatic carbocycles. The lowest BCUT2D eigenvalue weighted by molar-refractivity contribution is -0.183. The fourth-order valence-corrected chi connectivity index (χ4v) is 2.89. The van der Waals surface area contributed by atoms with Crippen molar-refractivity contribution in [1.29, 1.82) is 0 Å². The zero-order chi connectivity index (χ0) is 14.2. The molecule has 0 unspecified atom stereocenters. The van der Waals surface area contributed by atoms with E-state index < -0.39 is 5.79 Å².